The predicted molar refractivity (Wildman–Crippen MR) is 120 cm³/mol. The fraction of sp³-hybridized carbons (Fsp3) is 0.450. The molecule has 1 aliphatic carbocycles. The second-order valence-corrected chi connectivity index (χ2v) is 8.23. The molecule has 0 spiro atoms. The molecule has 3 heterocycles. The number of nitrogens with zero attached hydrogens (tertiary/aromatic N) is 4. The number of aromatic nitrogens is 4. The second kappa shape index (κ2) is 10.4. The van der Waals surface area contributed by atoms with E-state index in [9.17, 15) is 18.6 Å². The Morgan fingerprint density at radius 3 is 2.79 bits per heavy atom. The van der Waals surface area contributed by atoms with Gasteiger partial charge >= 0.3 is 10.3 Å². The third-order valence-corrected chi connectivity index (χ3v) is 5.39. The number of aliphatic hydroxyl groups is 2. The number of ether oxygens (including phenoxy) is 1. The molecular formula is C20H26N6O6S. The van der Waals surface area contributed by atoms with E-state index in [2.05, 4.69) is 30.4 Å². The number of aliphatic hydroxyl groups excluding tert-OH is 2. The van der Waals surface area contributed by atoms with Crippen LogP contribution in [0.3, 0.4) is 0 Å². The summed E-state index contributed by atoms with van der Waals surface area (Å²) >= 11 is 0. The maximum atomic E-state index is 11.0. The van der Waals surface area contributed by atoms with Gasteiger partial charge in [0.1, 0.15) is 24.6 Å². The Labute approximate surface area is 191 Å². The average Bonchev–Trinajstić information content (AvgIpc) is 3.35. The van der Waals surface area contributed by atoms with Crippen LogP contribution in [0.2, 0.25) is 0 Å². The molecule has 5 N–H and O–H groups in total. The van der Waals surface area contributed by atoms with Crippen LogP contribution in [0.4, 0.5) is 5.82 Å². The topological polar surface area (TPSA) is 175 Å². The molecule has 0 bridgehead atoms. The van der Waals surface area contributed by atoms with Crippen molar-refractivity contribution in [1.29, 1.82) is 0 Å². The third kappa shape index (κ3) is 5.56. The van der Waals surface area contributed by atoms with Crippen LogP contribution < -0.4 is 10.5 Å². The number of rotatable bonds is 6. The van der Waals surface area contributed by atoms with Crippen molar-refractivity contribution in [2.75, 3.05) is 11.9 Å². The fourth-order valence-corrected chi connectivity index (χ4v) is 3.75. The van der Waals surface area contributed by atoms with Gasteiger partial charge in [-0.05, 0) is 18.9 Å². The van der Waals surface area contributed by atoms with E-state index < -0.39 is 41.5 Å². The van der Waals surface area contributed by atoms with E-state index in [0.717, 1.165) is 24.1 Å². The SMILES string of the molecule is C#CC1=CC(Nc2ncnc3c2ncn3C2OC(COS(N)(=O)=O)[C@@H](O)[C@H]2O)=CCC1.CC. The molecule has 178 valence electrons. The number of hydrogen-bond donors (Lipinski definition) is 4. The summed E-state index contributed by atoms with van der Waals surface area (Å²) in [6.45, 7) is 3.44. The minimum atomic E-state index is -4.23. The van der Waals surface area contributed by atoms with Crippen molar-refractivity contribution < 1.29 is 27.6 Å². The van der Waals surface area contributed by atoms with Gasteiger partial charge in [-0.25, -0.2) is 20.1 Å². The smallest absolute Gasteiger partial charge is 0.333 e. The zero-order chi connectivity index (χ0) is 24.2. The van der Waals surface area contributed by atoms with Gasteiger partial charge in [-0.2, -0.15) is 8.42 Å². The zero-order valence-corrected chi connectivity index (χ0v) is 18.9. The number of anilines is 1. The van der Waals surface area contributed by atoms with Gasteiger partial charge in [0.05, 0.1) is 12.9 Å². The van der Waals surface area contributed by atoms with E-state index >= 15 is 0 Å². The normalized spacial score (nSPS) is 25.0. The first-order chi connectivity index (χ1) is 15.8. The minimum absolute atomic E-state index is 0.333. The summed E-state index contributed by atoms with van der Waals surface area (Å²) in [7, 11) is -4.23. The van der Waals surface area contributed by atoms with Crippen LogP contribution in [0.5, 0.6) is 0 Å². The lowest BCUT2D eigenvalue weighted by molar-refractivity contribution is -0.0467. The highest BCUT2D eigenvalue weighted by Crippen LogP contribution is 2.33. The lowest BCUT2D eigenvalue weighted by Crippen LogP contribution is -2.35. The quantitative estimate of drug-likeness (QED) is 0.424. The molecule has 13 heteroatoms. The molecule has 2 unspecified atom stereocenters. The molecule has 1 aliphatic heterocycles. The van der Waals surface area contributed by atoms with Gasteiger partial charge in [-0.15, -0.1) is 6.42 Å². The summed E-state index contributed by atoms with van der Waals surface area (Å²) < 4.78 is 33.5. The fourth-order valence-electron chi connectivity index (χ4n) is 3.43. The predicted octanol–water partition coefficient (Wildman–Crippen LogP) is 0.341. The van der Waals surface area contributed by atoms with Crippen molar-refractivity contribution in [3.05, 3.63) is 36.1 Å². The molecule has 2 aromatic rings. The van der Waals surface area contributed by atoms with Crippen LogP contribution in [0.1, 0.15) is 32.9 Å². The standard InChI is InChI=1S/C18H20N6O6S.C2H6/c1-2-10-4-3-5-11(6-10)23-16-13-17(21-8-20-16)24(9-22-13)18-15(26)14(25)12(30-18)7-29-31(19,27)28;1-2/h1,5-6,8-9,12,14-15,18,25-26H,3-4,7H2,(H2,19,27,28)(H,20,21,23);1-2H3/t12?,14-,15-,18?;/m1./s1. The van der Waals surface area contributed by atoms with Gasteiger partial charge in [0.2, 0.25) is 0 Å². The maximum absolute atomic E-state index is 11.0. The largest absolute Gasteiger partial charge is 0.387 e. The molecule has 4 atom stereocenters. The average molecular weight is 479 g/mol. The summed E-state index contributed by atoms with van der Waals surface area (Å²) in [5, 5.41) is 28.6. The van der Waals surface area contributed by atoms with E-state index in [4.69, 9.17) is 16.3 Å². The highest BCUT2D eigenvalue weighted by molar-refractivity contribution is 7.84. The minimum Gasteiger partial charge on any atom is -0.387 e. The van der Waals surface area contributed by atoms with Crippen LogP contribution in [-0.2, 0) is 19.2 Å². The molecule has 0 radical (unpaired) electrons. The van der Waals surface area contributed by atoms with Gasteiger partial charge in [0.25, 0.3) is 0 Å². The summed E-state index contributed by atoms with van der Waals surface area (Å²) in [6.07, 6.45) is 8.59. The Kier molecular flexibility index (Phi) is 7.80. The number of nitrogens with one attached hydrogen (secondary N) is 1. The number of imidazole rings is 1. The molecule has 0 amide bonds. The molecule has 4 rings (SSSR count). The van der Waals surface area contributed by atoms with Crippen molar-refractivity contribution in [2.45, 2.75) is 51.2 Å². The molecule has 2 aliphatic rings. The second-order valence-electron chi connectivity index (χ2n) is 7.01. The van der Waals surface area contributed by atoms with Gasteiger partial charge < -0.3 is 20.3 Å². The Bertz CT molecular complexity index is 1200. The summed E-state index contributed by atoms with van der Waals surface area (Å²) in [5.74, 6) is 3.06. The molecule has 12 nitrogen and oxygen atoms in total. The monoisotopic (exact) mass is 478 g/mol. The Morgan fingerprint density at radius 2 is 2.09 bits per heavy atom. The Balaban J connectivity index is 0.00000149. The van der Waals surface area contributed by atoms with E-state index in [-0.39, 0.29) is 0 Å². The zero-order valence-electron chi connectivity index (χ0n) is 18.1. The summed E-state index contributed by atoms with van der Waals surface area (Å²) in [6, 6.07) is 0. The van der Waals surface area contributed by atoms with Crippen LogP contribution in [0.15, 0.2) is 36.1 Å². The molecule has 0 aromatic carbocycles. The highest BCUT2D eigenvalue weighted by atomic mass is 32.2. The first-order valence-electron chi connectivity index (χ1n) is 10.3. The molecule has 1 saturated heterocycles. The van der Waals surface area contributed by atoms with Crippen molar-refractivity contribution in [3.8, 4) is 12.3 Å². The Hall–Kier alpha value is -2.86. The summed E-state index contributed by atoms with van der Waals surface area (Å²) in [4.78, 5) is 12.7. The lowest BCUT2D eigenvalue weighted by Gasteiger charge is -2.16. The maximum Gasteiger partial charge on any atom is 0.333 e. The molecule has 0 saturated carbocycles. The number of fused-ring (bicyclic) bond motifs is 1. The van der Waals surface area contributed by atoms with E-state index in [1.165, 1.54) is 17.2 Å². The number of allylic oxidation sites excluding steroid dienone is 3. The number of nitrogens with two attached hydrogens (primary N) is 1. The first kappa shape index (κ1) is 24.8. The van der Waals surface area contributed by atoms with Crippen LogP contribution >= 0.6 is 0 Å². The van der Waals surface area contributed by atoms with E-state index in [1.54, 1.807) is 0 Å². The number of terminal acetylenes is 1. The molecule has 1 fully saturated rings. The Morgan fingerprint density at radius 1 is 1.33 bits per heavy atom. The van der Waals surface area contributed by atoms with Crippen molar-refractivity contribution in [2.24, 2.45) is 5.14 Å². The molecule has 2 aromatic heterocycles. The van der Waals surface area contributed by atoms with Gasteiger partial charge in [-0.1, -0.05) is 25.8 Å². The first-order valence-corrected chi connectivity index (χ1v) is 11.7. The van der Waals surface area contributed by atoms with Crippen LogP contribution in [0, 0.1) is 12.3 Å². The van der Waals surface area contributed by atoms with Gasteiger partial charge in [-0.3, -0.25) is 8.75 Å². The van der Waals surface area contributed by atoms with Crippen LogP contribution in [0.25, 0.3) is 11.2 Å². The molecule has 33 heavy (non-hydrogen) atoms. The van der Waals surface area contributed by atoms with Crippen molar-refractivity contribution in [3.63, 3.8) is 0 Å². The third-order valence-electron chi connectivity index (χ3n) is 4.92. The number of hydrogen-bond acceptors (Lipinski definition) is 10. The van der Waals surface area contributed by atoms with E-state index in [1.807, 2.05) is 26.0 Å². The van der Waals surface area contributed by atoms with Gasteiger partial charge in [0.15, 0.2) is 23.2 Å². The highest BCUT2D eigenvalue weighted by Gasteiger charge is 2.45. The summed E-state index contributed by atoms with van der Waals surface area (Å²) in [5.41, 5.74) is 2.38. The lowest BCUT2D eigenvalue weighted by atomic mass is 10.0. The van der Waals surface area contributed by atoms with E-state index in [0.29, 0.717) is 17.0 Å². The van der Waals surface area contributed by atoms with Crippen molar-refractivity contribution >= 4 is 27.3 Å². The van der Waals surface area contributed by atoms with Gasteiger partial charge in [0, 0.05) is 11.3 Å². The van der Waals surface area contributed by atoms with Crippen LogP contribution in [-0.4, -0.2) is 63.1 Å². The molecular weight excluding hydrogens is 452 g/mol. The van der Waals surface area contributed by atoms with Crippen molar-refractivity contribution in [1.82, 2.24) is 19.5 Å².